The SMILES string of the molecule is F[B-](F)(F)C1(C2CC2)CNC1. The first kappa shape index (κ1) is 7.46. The minimum atomic E-state index is -4.62. The van der Waals surface area contributed by atoms with Crippen LogP contribution in [0.5, 0.6) is 0 Å². The highest BCUT2D eigenvalue weighted by Gasteiger charge is 2.60. The monoisotopic (exact) mass is 164 g/mol. The molecule has 1 saturated heterocycles. The lowest BCUT2D eigenvalue weighted by Gasteiger charge is -2.50. The summed E-state index contributed by atoms with van der Waals surface area (Å²) in [5.74, 6) is -0.0521. The Labute approximate surface area is 63.4 Å². The van der Waals surface area contributed by atoms with Gasteiger partial charge in [0, 0.05) is 0 Å². The molecule has 2 rings (SSSR count). The topological polar surface area (TPSA) is 12.0 Å². The first-order chi connectivity index (χ1) is 5.06. The van der Waals surface area contributed by atoms with Gasteiger partial charge in [-0.05, 0) is 18.4 Å². The zero-order valence-corrected chi connectivity index (χ0v) is 6.12. The van der Waals surface area contributed by atoms with Crippen LogP contribution >= 0.6 is 0 Å². The number of hydrogen-bond acceptors (Lipinski definition) is 1. The molecule has 64 valence electrons. The molecule has 0 bridgehead atoms. The maximum absolute atomic E-state index is 12.5. The molecule has 1 N–H and O–H groups in total. The van der Waals surface area contributed by atoms with Crippen molar-refractivity contribution in [3.8, 4) is 0 Å². The zero-order valence-electron chi connectivity index (χ0n) is 6.12. The van der Waals surface area contributed by atoms with E-state index in [4.69, 9.17) is 0 Å². The second kappa shape index (κ2) is 1.94. The minimum Gasteiger partial charge on any atom is -0.448 e. The largest absolute Gasteiger partial charge is 0.487 e. The molecule has 1 nitrogen and oxygen atoms in total. The molecule has 1 aliphatic heterocycles. The van der Waals surface area contributed by atoms with E-state index in [9.17, 15) is 12.9 Å². The number of hydrogen-bond donors (Lipinski definition) is 1. The van der Waals surface area contributed by atoms with Crippen LogP contribution in [0.3, 0.4) is 0 Å². The van der Waals surface area contributed by atoms with Gasteiger partial charge in [-0.1, -0.05) is 18.8 Å². The van der Waals surface area contributed by atoms with Gasteiger partial charge in [-0.3, -0.25) is 0 Å². The van der Waals surface area contributed by atoms with E-state index < -0.39 is 12.3 Å². The van der Waals surface area contributed by atoms with Crippen molar-refractivity contribution in [3.63, 3.8) is 0 Å². The molecule has 0 unspecified atom stereocenters. The summed E-state index contributed by atoms with van der Waals surface area (Å²) in [4.78, 5) is 0. The predicted molar refractivity (Wildman–Crippen MR) is 37.4 cm³/mol. The van der Waals surface area contributed by atoms with Crippen LogP contribution in [0.4, 0.5) is 12.9 Å². The van der Waals surface area contributed by atoms with E-state index in [0.717, 1.165) is 12.8 Å². The summed E-state index contributed by atoms with van der Waals surface area (Å²) < 4.78 is 37.4. The summed E-state index contributed by atoms with van der Waals surface area (Å²) in [5.41, 5.74) is 0. The molecule has 2 aliphatic rings. The predicted octanol–water partition coefficient (Wildman–Crippen LogP) is 1.59. The third kappa shape index (κ3) is 0.899. The normalized spacial score (nSPS) is 29.7. The Hall–Kier alpha value is -0.185. The van der Waals surface area contributed by atoms with E-state index in [0.29, 0.717) is 0 Å². The molecule has 0 radical (unpaired) electrons. The first-order valence-electron chi connectivity index (χ1n) is 3.96. The van der Waals surface area contributed by atoms with E-state index in [2.05, 4.69) is 5.32 Å². The van der Waals surface area contributed by atoms with Gasteiger partial charge < -0.3 is 18.3 Å². The van der Waals surface area contributed by atoms with Crippen molar-refractivity contribution in [1.29, 1.82) is 0 Å². The number of halogens is 3. The molecule has 11 heavy (non-hydrogen) atoms. The van der Waals surface area contributed by atoms with Gasteiger partial charge >= 0.3 is 6.98 Å². The molecule has 0 atom stereocenters. The number of rotatable bonds is 2. The van der Waals surface area contributed by atoms with Gasteiger partial charge in [0.1, 0.15) is 0 Å². The van der Waals surface area contributed by atoms with Crippen molar-refractivity contribution in [1.82, 2.24) is 5.32 Å². The molecule has 2 fully saturated rings. The van der Waals surface area contributed by atoms with Crippen molar-refractivity contribution < 1.29 is 12.9 Å². The maximum atomic E-state index is 12.5. The molecule has 5 heteroatoms. The van der Waals surface area contributed by atoms with Crippen LogP contribution in [0.1, 0.15) is 12.8 Å². The molecule has 0 aromatic carbocycles. The van der Waals surface area contributed by atoms with Gasteiger partial charge in [-0.25, -0.2) is 0 Å². The van der Waals surface area contributed by atoms with Crippen molar-refractivity contribution >= 4 is 6.98 Å². The van der Waals surface area contributed by atoms with Crippen molar-refractivity contribution in [2.24, 2.45) is 5.92 Å². The Kier molecular flexibility index (Phi) is 1.32. The molecule has 0 aromatic rings. The van der Waals surface area contributed by atoms with Crippen molar-refractivity contribution in [3.05, 3.63) is 0 Å². The molecular weight excluding hydrogens is 154 g/mol. The van der Waals surface area contributed by atoms with Crippen LogP contribution in [0.25, 0.3) is 0 Å². The van der Waals surface area contributed by atoms with Crippen molar-refractivity contribution in [2.45, 2.75) is 18.2 Å². The molecular formula is C6H10BF3N-. The van der Waals surface area contributed by atoms with Crippen molar-refractivity contribution in [2.75, 3.05) is 13.1 Å². The Morgan fingerprint density at radius 1 is 1.18 bits per heavy atom. The summed E-state index contributed by atoms with van der Waals surface area (Å²) in [7, 11) is 0. The first-order valence-corrected chi connectivity index (χ1v) is 3.96. The summed E-state index contributed by atoms with van der Waals surface area (Å²) in [6.07, 6.45) is 1.56. The average Bonchev–Trinajstić information content (AvgIpc) is 2.38. The lowest BCUT2D eigenvalue weighted by Crippen LogP contribution is -2.59. The highest BCUT2D eigenvalue weighted by atomic mass is 19.4. The van der Waals surface area contributed by atoms with Gasteiger partial charge in [0.2, 0.25) is 0 Å². The summed E-state index contributed by atoms with van der Waals surface area (Å²) in [5, 5.41) is 1.45. The second-order valence-electron chi connectivity index (χ2n) is 3.69. The average molecular weight is 164 g/mol. The third-order valence-electron chi connectivity index (χ3n) is 2.95. The fourth-order valence-corrected chi connectivity index (χ4v) is 1.86. The van der Waals surface area contributed by atoms with Crippen LogP contribution in [0, 0.1) is 5.92 Å². The van der Waals surface area contributed by atoms with Crippen LogP contribution in [-0.2, 0) is 0 Å². The molecule has 1 saturated carbocycles. The smallest absolute Gasteiger partial charge is 0.448 e. The van der Waals surface area contributed by atoms with Crippen LogP contribution < -0.4 is 5.32 Å². The van der Waals surface area contributed by atoms with Crippen LogP contribution in [-0.4, -0.2) is 20.1 Å². The fraction of sp³-hybridized carbons (Fsp3) is 1.00. The van der Waals surface area contributed by atoms with Gasteiger partial charge in [0.15, 0.2) is 0 Å². The molecule has 1 aliphatic carbocycles. The summed E-state index contributed by atoms with van der Waals surface area (Å²) in [6.45, 7) is -4.28. The third-order valence-corrected chi connectivity index (χ3v) is 2.95. The molecule has 0 aromatic heterocycles. The quantitative estimate of drug-likeness (QED) is 0.611. The van der Waals surface area contributed by atoms with Gasteiger partial charge in [-0.15, -0.1) is 0 Å². The van der Waals surface area contributed by atoms with Crippen LogP contribution in [0.15, 0.2) is 0 Å². The maximum Gasteiger partial charge on any atom is 0.487 e. The Balaban J connectivity index is 2.15. The minimum absolute atomic E-state index is 0.0521. The highest BCUT2D eigenvalue weighted by Crippen LogP contribution is 2.59. The van der Waals surface area contributed by atoms with E-state index >= 15 is 0 Å². The standard InChI is InChI=1S/C6H10BF3N/c8-7(9,10)6(3-11-4-6)5-1-2-5/h5,11H,1-4H2/q-1. The lowest BCUT2D eigenvalue weighted by molar-refractivity contribution is 0.237. The second-order valence-corrected chi connectivity index (χ2v) is 3.69. The number of nitrogens with one attached hydrogen (secondary N) is 1. The molecule has 0 amide bonds. The lowest BCUT2D eigenvalue weighted by atomic mass is 9.51. The van der Waals surface area contributed by atoms with E-state index in [1.54, 1.807) is 0 Å². The fourth-order valence-electron chi connectivity index (χ4n) is 1.86. The van der Waals surface area contributed by atoms with Gasteiger partial charge in [-0.2, -0.15) is 0 Å². The highest BCUT2D eigenvalue weighted by molar-refractivity contribution is 6.63. The van der Waals surface area contributed by atoms with Crippen LogP contribution in [0.2, 0.25) is 5.31 Å². The Morgan fingerprint density at radius 3 is 1.82 bits per heavy atom. The zero-order chi connectivity index (χ0) is 8.11. The molecule has 0 spiro atoms. The molecule has 1 heterocycles. The Morgan fingerprint density at radius 2 is 1.73 bits per heavy atom. The van der Waals surface area contributed by atoms with E-state index in [-0.39, 0.29) is 19.0 Å². The summed E-state index contributed by atoms with van der Waals surface area (Å²) in [6, 6.07) is 0. The van der Waals surface area contributed by atoms with E-state index in [1.807, 2.05) is 0 Å². The Bertz CT molecular complexity index is 171. The van der Waals surface area contributed by atoms with E-state index in [1.165, 1.54) is 0 Å². The van der Waals surface area contributed by atoms with Gasteiger partial charge in [0.25, 0.3) is 0 Å². The van der Waals surface area contributed by atoms with Gasteiger partial charge in [0.05, 0.1) is 0 Å². The summed E-state index contributed by atoms with van der Waals surface area (Å²) >= 11 is 0.